The minimum atomic E-state index is -0.386. The molecule has 1 saturated heterocycles. The molecule has 1 heterocycles. The summed E-state index contributed by atoms with van der Waals surface area (Å²) in [5.74, 6) is -0.343. The number of morpholine rings is 1. The van der Waals surface area contributed by atoms with Gasteiger partial charge in [0.2, 0.25) is 5.91 Å². The van der Waals surface area contributed by atoms with Crippen LogP contribution in [0.5, 0.6) is 0 Å². The Morgan fingerprint density at radius 2 is 2.30 bits per heavy atom. The van der Waals surface area contributed by atoms with Gasteiger partial charge >= 0.3 is 0 Å². The maximum absolute atomic E-state index is 13.2. The summed E-state index contributed by atoms with van der Waals surface area (Å²) in [5.41, 5.74) is 0.441. The topological polar surface area (TPSA) is 58.6 Å². The molecule has 0 aromatic heterocycles. The van der Waals surface area contributed by atoms with Gasteiger partial charge in [0.25, 0.3) is 0 Å². The maximum atomic E-state index is 13.2. The zero-order chi connectivity index (χ0) is 16.2. The Bertz CT molecular complexity index is 593. The molecule has 2 fully saturated rings. The van der Waals surface area contributed by atoms with Gasteiger partial charge in [0.15, 0.2) is 0 Å². The van der Waals surface area contributed by atoms with Crippen LogP contribution in [0.3, 0.4) is 0 Å². The van der Waals surface area contributed by atoms with E-state index in [1.54, 1.807) is 12.1 Å². The second kappa shape index (κ2) is 7.19. The second-order valence-electron chi connectivity index (χ2n) is 6.14. The molecular weight excluding hydrogens is 299 g/mol. The molecule has 2 aliphatic rings. The number of Topliss-reactive ketones (excluding diaryl/α,β-unsaturated/α-hetero) is 1. The molecule has 1 aromatic carbocycles. The molecule has 1 aromatic rings. The van der Waals surface area contributed by atoms with Gasteiger partial charge in [0, 0.05) is 30.6 Å². The van der Waals surface area contributed by atoms with Crippen molar-refractivity contribution >= 4 is 17.4 Å². The highest BCUT2D eigenvalue weighted by atomic mass is 19.1. The monoisotopic (exact) mass is 320 g/mol. The lowest BCUT2D eigenvalue weighted by Crippen LogP contribution is -2.52. The van der Waals surface area contributed by atoms with E-state index in [9.17, 15) is 14.0 Å². The van der Waals surface area contributed by atoms with Crippen molar-refractivity contribution < 1.29 is 18.7 Å². The van der Waals surface area contributed by atoms with Crippen LogP contribution in [0.1, 0.15) is 19.3 Å². The van der Waals surface area contributed by atoms with Crippen molar-refractivity contribution in [3.63, 3.8) is 0 Å². The summed E-state index contributed by atoms with van der Waals surface area (Å²) in [6.45, 7) is 1.87. The minimum absolute atomic E-state index is 0.0303. The van der Waals surface area contributed by atoms with Crippen molar-refractivity contribution in [3.8, 4) is 0 Å². The SMILES string of the molecule is O=C(CN1CCOCC1C1CCCC1=O)Nc1cccc(F)c1. The van der Waals surface area contributed by atoms with Crippen LogP contribution in [0.4, 0.5) is 10.1 Å². The molecule has 1 aliphatic heterocycles. The predicted octanol–water partition coefficient (Wildman–Crippen LogP) is 1.83. The van der Waals surface area contributed by atoms with E-state index >= 15 is 0 Å². The summed E-state index contributed by atoms with van der Waals surface area (Å²) in [4.78, 5) is 26.3. The van der Waals surface area contributed by atoms with E-state index in [1.165, 1.54) is 12.1 Å². The lowest BCUT2D eigenvalue weighted by molar-refractivity contribution is -0.128. The van der Waals surface area contributed by atoms with E-state index in [1.807, 2.05) is 4.90 Å². The first-order chi connectivity index (χ1) is 11.1. The molecule has 1 aliphatic carbocycles. The smallest absolute Gasteiger partial charge is 0.238 e. The lowest BCUT2D eigenvalue weighted by Gasteiger charge is -2.37. The third-order valence-electron chi connectivity index (χ3n) is 4.55. The first-order valence-corrected chi connectivity index (χ1v) is 8.03. The fourth-order valence-corrected chi connectivity index (χ4v) is 3.42. The van der Waals surface area contributed by atoms with Crippen LogP contribution in [-0.2, 0) is 14.3 Å². The Morgan fingerprint density at radius 3 is 3.04 bits per heavy atom. The third kappa shape index (κ3) is 3.95. The van der Waals surface area contributed by atoms with E-state index < -0.39 is 0 Å². The van der Waals surface area contributed by atoms with E-state index in [-0.39, 0.29) is 36.0 Å². The summed E-state index contributed by atoms with van der Waals surface area (Å²) in [6, 6.07) is 5.80. The van der Waals surface area contributed by atoms with Gasteiger partial charge in [-0.25, -0.2) is 4.39 Å². The number of anilines is 1. The Balaban J connectivity index is 1.62. The number of nitrogens with zero attached hydrogens (tertiary/aromatic N) is 1. The van der Waals surface area contributed by atoms with E-state index in [4.69, 9.17) is 4.74 Å². The number of ether oxygens (including phenoxy) is 1. The highest BCUT2D eigenvalue weighted by Crippen LogP contribution is 2.29. The van der Waals surface area contributed by atoms with Crippen molar-refractivity contribution in [2.24, 2.45) is 5.92 Å². The van der Waals surface area contributed by atoms with E-state index in [0.29, 0.717) is 31.9 Å². The number of rotatable bonds is 4. The van der Waals surface area contributed by atoms with Gasteiger partial charge in [0.1, 0.15) is 11.6 Å². The Morgan fingerprint density at radius 1 is 1.43 bits per heavy atom. The van der Waals surface area contributed by atoms with Gasteiger partial charge in [0.05, 0.1) is 19.8 Å². The molecule has 2 unspecified atom stereocenters. The van der Waals surface area contributed by atoms with Crippen LogP contribution in [0, 0.1) is 11.7 Å². The highest BCUT2D eigenvalue weighted by Gasteiger charge is 2.37. The predicted molar refractivity (Wildman–Crippen MR) is 83.6 cm³/mol. The van der Waals surface area contributed by atoms with Crippen molar-refractivity contribution in [3.05, 3.63) is 30.1 Å². The number of nitrogens with one attached hydrogen (secondary N) is 1. The second-order valence-corrected chi connectivity index (χ2v) is 6.14. The molecule has 23 heavy (non-hydrogen) atoms. The summed E-state index contributed by atoms with van der Waals surface area (Å²) in [5, 5.41) is 2.71. The number of hydrogen-bond acceptors (Lipinski definition) is 4. The first kappa shape index (κ1) is 16.1. The van der Waals surface area contributed by atoms with Crippen LogP contribution < -0.4 is 5.32 Å². The van der Waals surface area contributed by atoms with Gasteiger partial charge in [-0.15, -0.1) is 0 Å². The van der Waals surface area contributed by atoms with Gasteiger partial charge < -0.3 is 10.1 Å². The molecule has 6 heteroatoms. The van der Waals surface area contributed by atoms with Crippen molar-refractivity contribution in [1.29, 1.82) is 0 Å². The van der Waals surface area contributed by atoms with Crippen molar-refractivity contribution in [2.45, 2.75) is 25.3 Å². The zero-order valence-corrected chi connectivity index (χ0v) is 13.0. The molecule has 1 saturated carbocycles. The van der Waals surface area contributed by atoms with Crippen LogP contribution in [0.25, 0.3) is 0 Å². The fraction of sp³-hybridized carbons (Fsp3) is 0.529. The van der Waals surface area contributed by atoms with Gasteiger partial charge in [-0.05, 0) is 31.0 Å². The zero-order valence-electron chi connectivity index (χ0n) is 13.0. The molecule has 1 N–H and O–H groups in total. The number of carbonyl (C=O) groups excluding carboxylic acids is 2. The number of halogens is 1. The normalized spacial score (nSPS) is 25.5. The standard InChI is InChI=1S/C17H21FN2O3/c18-12-3-1-4-13(9-12)19-17(22)10-20-7-8-23-11-15(20)14-5-2-6-16(14)21/h1,3-4,9,14-15H,2,5-8,10-11H2,(H,19,22). The number of amides is 1. The van der Waals surface area contributed by atoms with Gasteiger partial charge in [-0.1, -0.05) is 6.07 Å². The third-order valence-corrected chi connectivity index (χ3v) is 4.55. The molecule has 0 spiro atoms. The van der Waals surface area contributed by atoms with E-state index in [0.717, 1.165) is 12.8 Å². The minimum Gasteiger partial charge on any atom is -0.378 e. The summed E-state index contributed by atoms with van der Waals surface area (Å²) in [7, 11) is 0. The Labute approximate surface area is 134 Å². The summed E-state index contributed by atoms with van der Waals surface area (Å²) >= 11 is 0. The fourth-order valence-electron chi connectivity index (χ4n) is 3.42. The lowest BCUT2D eigenvalue weighted by atomic mass is 9.95. The molecule has 3 rings (SSSR count). The Hall–Kier alpha value is -1.79. The maximum Gasteiger partial charge on any atom is 0.238 e. The molecule has 5 nitrogen and oxygen atoms in total. The molecule has 1 amide bonds. The summed E-state index contributed by atoms with van der Waals surface area (Å²) in [6.07, 6.45) is 2.42. The largest absolute Gasteiger partial charge is 0.378 e. The number of carbonyl (C=O) groups is 2. The van der Waals surface area contributed by atoms with Gasteiger partial charge in [-0.2, -0.15) is 0 Å². The van der Waals surface area contributed by atoms with Gasteiger partial charge in [-0.3, -0.25) is 14.5 Å². The van der Waals surface area contributed by atoms with Crippen LogP contribution in [0.15, 0.2) is 24.3 Å². The first-order valence-electron chi connectivity index (χ1n) is 8.03. The Kier molecular flexibility index (Phi) is 5.03. The molecule has 0 radical (unpaired) electrons. The average Bonchev–Trinajstić information content (AvgIpc) is 2.94. The molecular formula is C17H21FN2O3. The number of benzene rings is 1. The average molecular weight is 320 g/mol. The van der Waals surface area contributed by atoms with E-state index in [2.05, 4.69) is 5.32 Å². The van der Waals surface area contributed by atoms with Crippen LogP contribution in [0.2, 0.25) is 0 Å². The van der Waals surface area contributed by atoms with Crippen molar-refractivity contribution in [1.82, 2.24) is 4.90 Å². The number of ketones is 1. The molecule has 0 bridgehead atoms. The van der Waals surface area contributed by atoms with Crippen molar-refractivity contribution in [2.75, 3.05) is 31.6 Å². The van der Waals surface area contributed by atoms with Crippen LogP contribution in [-0.4, -0.2) is 48.9 Å². The number of hydrogen-bond donors (Lipinski definition) is 1. The van der Waals surface area contributed by atoms with Crippen LogP contribution >= 0.6 is 0 Å². The summed E-state index contributed by atoms with van der Waals surface area (Å²) < 4.78 is 18.7. The quantitative estimate of drug-likeness (QED) is 0.919. The molecule has 2 atom stereocenters. The highest BCUT2D eigenvalue weighted by molar-refractivity contribution is 5.92. The molecule has 124 valence electrons.